The molecule has 1 rings (SSSR count). The van der Waals surface area contributed by atoms with Crippen molar-refractivity contribution in [3.8, 4) is 0 Å². The maximum atomic E-state index is 5.29. The van der Waals surface area contributed by atoms with Gasteiger partial charge in [0.2, 0.25) is 5.95 Å². The molecule has 1 atom stereocenters. The van der Waals surface area contributed by atoms with Crippen LogP contribution in [-0.2, 0) is 0 Å². The van der Waals surface area contributed by atoms with E-state index in [0.29, 0.717) is 11.9 Å². The highest BCUT2D eigenvalue weighted by atomic mass is 32.2. The van der Waals surface area contributed by atoms with Crippen LogP contribution in [0.2, 0.25) is 0 Å². The summed E-state index contributed by atoms with van der Waals surface area (Å²) in [4.78, 5) is 8.34. The fraction of sp³-hybridized carbons (Fsp3) is 0.600. The third kappa shape index (κ3) is 4.24. The van der Waals surface area contributed by atoms with Gasteiger partial charge in [-0.1, -0.05) is 6.92 Å². The molecule has 0 aliphatic carbocycles. The third-order valence-electron chi connectivity index (χ3n) is 2.07. The fourth-order valence-corrected chi connectivity index (χ4v) is 2.03. The number of hydrogen-bond acceptors (Lipinski definition) is 6. The Hall–Kier alpha value is -1.01. The maximum Gasteiger partial charge on any atom is 0.239 e. The second-order valence-electron chi connectivity index (χ2n) is 3.80. The van der Waals surface area contributed by atoms with Crippen molar-refractivity contribution < 1.29 is 0 Å². The highest BCUT2D eigenvalue weighted by molar-refractivity contribution is 7.98. The number of anilines is 2. The molecule has 5 nitrogen and oxygen atoms in total. The average molecular weight is 241 g/mol. The second kappa shape index (κ2) is 6.55. The number of nitrogen functional groups attached to an aromatic ring is 1. The van der Waals surface area contributed by atoms with Gasteiger partial charge in [-0.2, -0.15) is 16.7 Å². The second-order valence-corrected chi connectivity index (χ2v) is 4.71. The minimum atomic E-state index is 0.444. The van der Waals surface area contributed by atoms with Gasteiger partial charge in [-0.15, -0.1) is 0 Å². The molecule has 0 saturated heterocycles. The van der Waals surface area contributed by atoms with Crippen LogP contribution in [0.25, 0.3) is 0 Å². The first-order valence-corrected chi connectivity index (χ1v) is 6.60. The van der Waals surface area contributed by atoms with Gasteiger partial charge in [-0.05, 0) is 24.9 Å². The molecule has 1 unspecified atom stereocenters. The van der Waals surface area contributed by atoms with E-state index >= 15 is 0 Å². The Balaban J connectivity index is 2.56. The minimum Gasteiger partial charge on any atom is -0.370 e. The van der Waals surface area contributed by atoms with Crippen molar-refractivity contribution >= 4 is 23.5 Å². The van der Waals surface area contributed by atoms with E-state index in [2.05, 4.69) is 33.9 Å². The zero-order valence-corrected chi connectivity index (χ0v) is 10.8. The van der Waals surface area contributed by atoms with Crippen LogP contribution in [0.1, 0.15) is 12.6 Å². The number of aryl methyl sites for hydroxylation is 1. The Morgan fingerprint density at radius 3 is 2.88 bits per heavy atom. The monoisotopic (exact) mass is 241 g/mol. The van der Waals surface area contributed by atoms with E-state index in [1.807, 2.05) is 24.8 Å². The zero-order chi connectivity index (χ0) is 12.0. The van der Waals surface area contributed by atoms with E-state index in [1.54, 1.807) is 0 Å². The van der Waals surface area contributed by atoms with Gasteiger partial charge in [0, 0.05) is 18.3 Å². The average Bonchev–Trinajstić information content (AvgIpc) is 2.26. The molecule has 6 heteroatoms. The first kappa shape index (κ1) is 13.1. The summed E-state index contributed by atoms with van der Waals surface area (Å²) < 4.78 is 0. The van der Waals surface area contributed by atoms with Crippen molar-refractivity contribution in [3.63, 3.8) is 0 Å². The molecule has 16 heavy (non-hydrogen) atoms. The molecule has 4 N–H and O–H groups in total. The van der Waals surface area contributed by atoms with Gasteiger partial charge < -0.3 is 5.32 Å². The lowest BCUT2D eigenvalue weighted by Crippen LogP contribution is -2.16. The summed E-state index contributed by atoms with van der Waals surface area (Å²) in [6, 6.07) is 1.91. The molecule has 0 amide bonds. The van der Waals surface area contributed by atoms with Crippen LogP contribution in [0.4, 0.5) is 11.8 Å². The summed E-state index contributed by atoms with van der Waals surface area (Å²) in [5.74, 6) is 8.29. The van der Waals surface area contributed by atoms with Crippen LogP contribution in [0.15, 0.2) is 6.07 Å². The standard InChI is InChI=1S/C10H19N5S/c1-7(6-16-3)5-12-9-4-8(2)13-10(14-9)15-11/h4,7H,5-6,11H2,1-3H3,(H2,12,13,14,15). The number of hydrogen-bond donors (Lipinski definition) is 3. The predicted molar refractivity (Wildman–Crippen MR) is 70.6 cm³/mol. The quantitative estimate of drug-likeness (QED) is 0.517. The molecule has 1 heterocycles. The van der Waals surface area contributed by atoms with Gasteiger partial charge in [0.05, 0.1) is 0 Å². The van der Waals surface area contributed by atoms with Gasteiger partial charge in [0.1, 0.15) is 5.82 Å². The lowest BCUT2D eigenvalue weighted by Gasteiger charge is -2.12. The van der Waals surface area contributed by atoms with Crippen molar-refractivity contribution in [2.45, 2.75) is 13.8 Å². The number of thioether (sulfide) groups is 1. The Bertz CT molecular complexity index is 331. The Kier molecular flexibility index (Phi) is 5.34. The van der Waals surface area contributed by atoms with Crippen LogP contribution in [-0.4, -0.2) is 28.5 Å². The molecule has 0 fully saturated rings. The van der Waals surface area contributed by atoms with Crippen molar-refractivity contribution in [1.82, 2.24) is 9.97 Å². The number of nitrogens with two attached hydrogens (primary N) is 1. The summed E-state index contributed by atoms with van der Waals surface area (Å²) in [7, 11) is 0. The molecule has 0 aliphatic rings. The van der Waals surface area contributed by atoms with E-state index in [1.165, 1.54) is 0 Å². The third-order valence-corrected chi connectivity index (χ3v) is 2.97. The van der Waals surface area contributed by atoms with Crippen molar-refractivity contribution in [3.05, 3.63) is 11.8 Å². The summed E-state index contributed by atoms with van der Waals surface area (Å²) in [5, 5.41) is 3.28. The summed E-state index contributed by atoms with van der Waals surface area (Å²) in [5.41, 5.74) is 3.35. The smallest absolute Gasteiger partial charge is 0.239 e. The van der Waals surface area contributed by atoms with E-state index in [0.717, 1.165) is 23.8 Å². The summed E-state index contributed by atoms with van der Waals surface area (Å²) in [6.45, 7) is 5.03. The highest BCUT2D eigenvalue weighted by Gasteiger charge is 2.03. The van der Waals surface area contributed by atoms with Gasteiger partial charge in [0.15, 0.2) is 0 Å². The van der Waals surface area contributed by atoms with Crippen molar-refractivity contribution in [2.75, 3.05) is 29.3 Å². The molecule has 0 saturated carbocycles. The SMILES string of the molecule is CSCC(C)CNc1cc(C)nc(NN)n1. The summed E-state index contributed by atoms with van der Waals surface area (Å²) >= 11 is 1.85. The van der Waals surface area contributed by atoms with Crippen LogP contribution >= 0.6 is 11.8 Å². The molecule has 0 aliphatic heterocycles. The molecule has 0 radical (unpaired) electrons. The number of hydrazine groups is 1. The lowest BCUT2D eigenvalue weighted by molar-refractivity contribution is 0.699. The topological polar surface area (TPSA) is 75.9 Å². The molecule has 90 valence electrons. The van der Waals surface area contributed by atoms with Crippen LogP contribution in [0.5, 0.6) is 0 Å². The van der Waals surface area contributed by atoms with E-state index in [9.17, 15) is 0 Å². The van der Waals surface area contributed by atoms with E-state index < -0.39 is 0 Å². The Morgan fingerprint density at radius 2 is 2.25 bits per heavy atom. The Morgan fingerprint density at radius 1 is 1.50 bits per heavy atom. The molecule has 0 bridgehead atoms. The van der Waals surface area contributed by atoms with E-state index in [4.69, 9.17) is 5.84 Å². The van der Waals surface area contributed by atoms with Crippen molar-refractivity contribution in [2.24, 2.45) is 11.8 Å². The van der Waals surface area contributed by atoms with Gasteiger partial charge >= 0.3 is 0 Å². The van der Waals surface area contributed by atoms with Crippen LogP contribution in [0.3, 0.4) is 0 Å². The lowest BCUT2D eigenvalue weighted by atomic mass is 10.2. The number of rotatable bonds is 6. The van der Waals surface area contributed by atoms with Crippen LogP contribution < -0.4 is 16.6 Å². The predicted octanol–water partition coefficient (Wildman–Crippen LogP) is 1.48. The number of aromatic nitrogens is 2. The molecule has 1 aromatic rings. The van der Waals surface area contributed by atoms with Gasteiger partial charge in [-0.25, -0.2) is 10.8 Å². The molecular formula is C10H19N5S. The molecule has 0 aromatic carbocycles. The Labute approximate surface area is 101 Å². The van der Waals surface area contributed by atoms with E-state index in [-0.39, 0.29) is 0 Å². The van der Waals surface area contributed by atoms with Crippen molar-refractivity contribution in [1.29, 1.82) is 0 Å². The molecule has 0 spiro atoms. The largest absolute Gasteiger partial charge is 0.370 e. The maximum absolute atomic E-state index is 5.29. The number of nitrogens with one attached hydrogen (secondary N) is 2. The first-order valence-electron chi connectivity index (χ1n) is 5.20. The van der Waals surface area contributed by atoms with Crippen LogP contribution in [0, 0.1) is 12.8 Å². The number of nitrogens with zero attached hydrogens (tertiary/aromatic N) is 2. The normalized spacial score (nSPS) is 12.2. The minimum absolute atomic E-state index is 0.444. The van der Waals surface area contributed by atoms with Gasteiger partial charge in [0.25, 0.3) is 0 Å². The first-order chi connectivity index (χ1) is 7.65. The van der Waals surface area contributed by atoms with Gasteiger partial charge in [-0.3, -0.25) is 5.43 Å². The summed E-state index contributed by atoms with van der Waals surface area (Å²) in [6.07, 6.45) is 2.11. The zero-order valence-electron chi connectivity index (χ0n) is 9.95. The fourth-order valence-electron chi connectivity index (χ4n) is 1.35. The highest BCUT2D eigenvalue weighted by Crippen LogP contribution is 2.10. The molecular weight excluding hydrogens is 222 g/mol. The molecule has 1 aromatic heterocycles.